The first-order chi connectivity index (χ1) is 28.8. The van der Waals surface area contributed by atoms with Crippen LogP contribution in [0.2, 0.25) is 0 Å². The van der Waals surface area contributed by atoms with Crippen LogP contribution in [0.5, 0.6) is 0 Å². The van der Waals surface area contributed by atoms with Crippen molar-refractivity contribution in [2.24, 2.45) is 0 Å². The van der Waals surface area contributed by atoms with Gasteiger partial charge in [-0.25, -0.2) is 4.98 Å². The van der Waals surface area contributed by atoms with Crippen LogP contribution in [0.1, 0.15) is 0 Å². The van der Waals surface area contributed by atoms with Crippen molar-refractivity contribution in [1.82, 2.24) is 23.3 Å². The van der Waals surface area contributed by atoms with Gasteiger partial charge in [0.1, 0.15) is 11.6 Å². The van der Waals surface area contributed by atoms with E-state index in [0.29, 0.717) is 0 Å². The Kier molecular flexibility index (Phi) is 6.38. The number of para-hydroxylation sites is 7. The lowest BCUT2D eigenvalue weighted by Gasteiger charge is -2.15. The molecule has 5 heteroatoms. The smallest absolute Gasteiger partial charge is 0.140 e. The molecule has 270 valence electrons. The predicted octanol–water partition coefficient (Wildman–Crippen LogP) is 13.5. The van der Waals surface area contributed by atoms with E-state index in [0.717, 1.165) is 56.1 Å². The summed E-state index contributed by atoms with van der Waals surface area (Å²) in [4.78, 5) is 5.63. The minimum atomic E-state index is 0.864. The molecule has 0 aliphatic carbocycles. The Morgan fingerprint density at radius 1 is 0.241 bits per heavy atom. The van der Waals surface area contributed by atoms with E-state index in [-0.39, 0.29) is 0 Å². The van der Waals surface area contributed by atoms with E-state index >= 15 is 0 Å². The topological polar surface area (TPSA) is 32.6 Å². The van der Waals surface area contributed by atoms with Crippen LogP contribution in [0.15, 0.2) is 200 Å². The second-order valence-corrected chi connectivity index (χ2v) is 15.1. The Hall–Kier alpha value is -7.89. The predicted molar refractivity (Wildman–Crippen MR) is 242 cm³/mol. The van der Waals surface area contributed by atoms with Crippen LogP contribution in [0.3, 0.4) is 0 Å². The van der Waals surface area contributed by atoms with Crippen molar-refractivity contribution >= 4 is 87.2 Å². The van der Waals surface area contributed by atoms with Crippen LogP contribution >= 0.6 is 0 Å². The van der Waals surface area contributed by atoms with E-state index in [9.17, 15) is 0 Å². The third-order valence-electron chi connectivity index (χ3n) is 12.1. The van der Waals surface area contributed by atoms with E-state index in [2.05, 4.69) is 218 Å². The zero-order chi connectivity index (χ0) is 37.9. The first kappa shape index (κ1) is 31.3. The Morgan fingerprint density at radius 3 is 1.10 bits per heavy atom. The molecule has 5 nitrogen and oxygen atoms in total. The molecule has 0 amide bonds. The third kappa shape index (κ3) is 4.11. The summed E-state index contributed by atoms with van der Waals surface area (Å²) in [6.45, 7) is 0. The molecule has 8 aromatic carbocycles. The average Bonchev–Trinajstić information content (AvgIpc) is 4.02. The monoisotopic (exact) mass is 739 g/mol. The molecule has 0 unspecified atom stereocenters. The van der Waals surface area contributed by atoms with E-state index in [1.54, 1.807) is 0 Å². The van der Waals surface area contributed by atoms with Gasteiger partial charge in [-0.2, -0.15) is 0 Å². The molecule has 0 aliphatic heterocycles. The fraction of sp³-hybridized carbons (Fsp3) is 0. The molecule has 13 rings (SSSR count). The van der Waals surface area contributed by atoms with Gasteiger partial charge in [-0.05, 0) is 66.7 Å². The first-order valence-corrected chi connectivity index (χ1v) is 19.8. The molecular weight excluding hydrogens is 707 g/mol. The summed E-state index contributed by atoms with van der Waals surface area (Å²) in [7, 11) is 0. The summed E-state index contributed by atoms with van der Waals surface area (Å²) in [5, 5.41) is 9.72. The Labute approximate surface area is 332 Å². The van der Waals surface area contributed by atoms with Crippen molar-refractivity contribution in [1.29, 1.82) is 0 Å². The quantitative estimate of drug-likeness (QED) is 0.177. The molecule has 0 bridgehead atoms. The number of benzene rings is 8. The molecule has 13 aromatic rings. The van der Waals surface area contributed by atoms with E-state index < -0.39 is 0 Å². The van der Waals surface area contributed by atoms with E-state index in [1.807, 2.05) is 0 Å². The molecule has 0 fully saturated rings. The van der Waals surface area contributed by atoms with Gasteiger partial charge in [-0.15, -0.1) is 0 Å². The summed E-state index contributed by atoms with van der Waals surface area (Å²) < 4.78 is 9.70. The van der Waals surface area contributed by atoms with E-state index in [1.165, 1.54) is 54.1 Å². The van der Waals surface area contributed by atoms with Gasteiger partial charge in [0.25, 0.3) is 0 Å². The highest BCUT2D eigenvalue weighted by molar-refractivity contribution is 6.40. The number of hydrogen-bond donors (Lipinski definition) is 0. The van der Waals surface area contributed by atoms with Gasteiger partial charge in [0.2, 0.25) is 0 Å². The van der Waals surface area contributed by atoms with Crippen molar-refractivity contribution in [2.75, 3.05) is 0 Å². The lowest BCUT2D eigenvalue weighted by molar-refractivity contribution is 1.01. The maximum Gasteiger partial charge on any atom is 0.140 e. The molecule has 0 saturated carbocycles. The van der Waals surface area contributed by atoms with Crippen LogP contribution in [-0.4, -0.2) is 23.3 Å². The molecular formula is C53H33N5. The van der Waals surface area contributed by atoms with Crippen molar-refractivity contribution < 1.29 is 0 Å². The van der Waals surface area contributed by atoms with Crippen LogP contribution < -0.4 is 0 Å². The van der Waals surface area contributed by atoms with Gasteiger partial charge >= 0.3 is 0 Å². The number of aromatic nitrogens is 5. The van der Waals surface area contributed by atoms with Crippen LogP contribution in [0.25, 0.3) is 110 Å². The second-order valence-electron chi connectivity index (χ2n) is 15.1. The fourth-order valence-electron chi connectivity index (χ4n) is 9.91. The van der Waals surface area contributed by atoms with Gasteiger partial charge in [0.05, 0.1) is 44.1 Å². The van der Waals surface area contributed by atoms with Crippen molar-refractivity contribution in [3.05, 3.63) is 200 Å². The Morgan fingerprint density at radius 2 is 0.586 bits per heavy atom. The van der Waals surface area contributed by atoms with Gasteiger partial charge in [0.15, 0.2) is 0 Å². The molecule has 58 heavy (non-hydrogen) atoms. The number of fused-ring (bicyclic) bond motifs is 15. The lowest BCUT2D eigenvalue weighted by Crippen LogP contribution is -2.04. The standard InChI is InChI=1S/C53H33N5/c1-3-18-34(19-4-1)55-43-29-14-9-24-38(43)48-49-39-25-10-16-31-45(39)58(47-33-17-32-46(54-47)57-41-27-12-7-22-36(41)37-23-8-13-28-42(37)57)52(49)53-50(51(48)55)40-26-11-15-30-44(40)56(53)35-20-5-2-6-21-35/h1-33H. The first-order valence-electron chi connectivity index (χ1n) is 19.8. The second kappa shape index (κ2) is 11.8. The SMILES string of the molecule is c1ccc(-n2c3ccccc3c3c4c5ccccc5n(-c5cccc(-n6c7ccccc7c7ccccc76)n5)c4c4c(c5ccccc5n4-c4ccccc4)c32)cc1. The molecule has 0 spiro atoms. The minimum absolute atomic E-state index is 0.864. The van der Waals surface area contributed by atoms with Gasteiger partial charge in [-0.3, -0.25) is 9.13 Å². The molecule has 0 N–H and O–H groups in total. The molecule has 5 heterocycles. The highest BCUT2D eigenvalue weighted by atomic mass is 15.1. The van der Waals surface area contributed by atoms with Gasteiger partial charge in [-0.1, -0.05) is 133 Å². The fourth-order valence-corrected chi connectivity index (χ4v) is 9.91. The largest absolute Gasteiger partial charge is 0.309 e. The molecule has 0 saturated heterocycles. The summed E-state index contributed by atoms with van der Waals surface area (Å²) in [6.07, 6.45) is 0. The van der Waals surface area contributed by atoms with Crippen LogP contribution in [0.4, 0.5) is 0 Å². The maximum absolute atomic E-state index is 5.63. The summed E-state index contributed by atoms with van der Waals surface area (Å²) in [6, 6.07) is 72.1. The van der Waals surface area contributed by atoms with E-state index in [4.69, 9.17) is 4.98 Å². The minimum Gasteiger partial charge on any atom is -0.309 e. The lowest BCUT2D eigenvalue weighted by atomic mass is 10.0. The number of pyridine rings is 1. The number of hydrogen-bond acceptors (Lipinski definition) is 1. The summed E-state index contributed by atoms with van der Waals surface area (Å²) >= 11 is 0. The van der Waals surface area contributed by atoms with Gasteiger partial charge in [0, 0.05) is 54.5 Å². The van der Waals surface area contributed by atoms with Crippen molar-refractivity contribution in [2.45, 2.75) is 0 Å². The molecule has 0 aliphatic rings. The molecule has 5 aromatic heterocycles. The van der Waals surface area contributed by atoms with Gasteiger partial charge < -0.3 is 9.13 Å². The summed E-state index contributed by atoms with van der Waals surface area (Å²) in [5.41, 5.74) is 11.5. The average molecular weight is 740 g/mol. The zero-order valence-corrected chi connectivity index (χ0v) is 31.3. The van der Waals surface area contributed by atoms with Crippen LogP contribution in [-0.2, 0) is 0 Å². The third-order valence-corrected chi connectivity index (χ3v) is 12.1. The Balaban J connectivity index is 1.28. The van der Waals surface area contributed by atoms with Crippen molar-refractivity contribution in [3.63, 3.8) is 0 Å². The maximum atomic E-state index is 5.63. The molecule has 0 radical (unpaired) electrons. The zero-order valence-electron chi connectivity index (χ0n) is 31.3. The number of rotatable bonds is 4. The molecule has 0 atom stereocenters. The van der Waals surface area contributed by atoms with Crippen LogP contribution in [0, 0.1) is 0 Å². The highest BCUT2D eigenvalue weighted by Crippen LogP contribution is 2.50. The highest BCUT2D eigenvalue weighted by Gasteiger charge is 2.29. The normalized spacial score (nSPS) is 12.1. The van der Waals surface area contributed by atoms with Crippen molar-refractivity contribution in [3.8, 4) is 23.0 Å². The Bertz CT molecular complexity index is 3730. The number of nitrogens with zero attached hydrogens (tertiary/aromatic N) is 5. The summed E-state index contributed by atoms with van der Waals surface area (Å²) in [5.74, 6) is 1.74.